The van der Waals surface area contributed by atoms with Crippen molar-refractivity contribution in [2.75, 3.05) is 44.5 Å². The number of nitrogens with zero attached hydrogens (tertiary/aromatic N) is 6. The Hall–Kier alpha value is -5.34. The molecule has 0 radical (unpaired) electrons. The highest BCUT2D eigenvalue weighted by atomic mass is 19.1. The van der Waals surface area contributed by atoms with Gasteiger partial charge < -0.3 is 29.6 Å². The van der Waals surface area contributed by atoms with Crippen molar-refractivity contribution < 1.29 is 28.1 Å². The maximum Gasteiger partial charge on any atom is 0.284 e. The highest BCUT2D eigenvalue weighted by Gasteiger charge is 2.24. The number of ether oxygens (including phenoxy) is 4. The maximum atomic E-state index is 15.2. The van der Waals surface area contributed by atoms with Crippen LogP contribution in [0.15, 0.2) is 67.2 Å². The molecule has 2 fully saturated rings. The summed E-state index contributed by atoms with van der Waals surface area (Å²) < 4.78 is 40.4. The first-order chi connectivity index (χ1) is 23.3. The third-order valence-corrected chi connectivity index (χ3v) is 8.53. The molecule has 14 heteroatoms. The number of carbonyl (C=O) groups excluding carboxylic acids is 1. The topological polar surface area (TPSA) is 137 Å². The molecule has 0 aliphatic carbocycles. The molecule has 0 spiro atoms. The zero-order valence-corrected chi connectivity index (χ0v) is 26.8. The van der Waals surface area contributed by atoms with E-state index in [1.165, 1.54) is 18.7 Å². The number of fused-ring (bicyclic) bond motifs is 2. The van der Waals surface area contributed by atoms with Crippen molar-refractivity contribution in [2.24, 2.45) is 0 Å². The smallest absolute Gasteiger partial charge is 0.284 e. The van der Waals surface area contributed by atoms with E-state index in [4.69, 9.17) is 18.9 Å². The Bertz CT molecular complexity index is 2010. The van der Waals surface area contributed by atoms with Gasteiger partial charge in [-0.1, -0.05) is 0 Å². The van der Waals surface area contributed by atoms with Crippen LogP contribution in [0.3, 0.4) is 0 Å². The lowest BCUT2D eigenvalue weighted by Crippen LogP contribution is -2.24. The van der Waals surface area contributed by atoms with Gasteiger partial charge in [-0.2, -0.15) is 5.10 Å². The number of methoxy groups -OCH3 is 1. The quantitative estimate of drug-likeness (QED) is 0.183. The fourth-order valence-corrected chi connectivity index (χ4v) is 5.90. The third kappa shape index (κ3) is 6.57. The van der Waals surface area contributed by atoms with Crippen molar-refractivity contribution in [3.8, 4) is 23.0 Å². The fraction of sp³-hybridized carbons (Fsp3) is 0.324. The Morgan fingerprint density at radius 3 is 2.75 bits per heavy atom. The number of likely N-dealkylation sites (N-methyl/N-ethyl adjacent to an activating group) is 1. The molecule has 2 N–H and O–H groups in total. The minimum Gasteiger partial charge on any atom is -0.494 e. The predicted octanol–water partition coefficient (Wildman–Crippen LogP) is 5.58. The van der Waals surface area contributed by atoms with Crippen LogP contribution in [0.25, 0.3) is 16.6 Å². The van der Waals surface area contributed by atoms with E-state index in [-0.39, 0.29) is 17.8 Å². The minimum atomic E-state index is -0.857. The van der Waals surface area contributed by atoms with Gasteiger partial charge in [0.1, 0.15) is 47.6 Å². The largest absolute Gasteiger partial charge is 0.494 e. The number of rotatable bonds is 10. The standard InChI is InChI=1S/C34H35FN8O5/c1-20-11-27(30(45-3)16-29(20)47-22-6-9-43-32(13-22)37-19-39-43)40-33-24-14-28(41-34(44)25(35)12-21-5-4-8-42(21)2)31(15-26(24)36-18-38-33)48-23-7-10-46-17-23/h6,9,11-16,18-19,21,23H,4-5,7-8,10,17H2,1-3H3,(H,41,44)(H,36,38,40)/t21-,23?/m1/s1. The first-order valence-electron chi connectivity index (χ1n) is 15.7. The van der Waals surface area contributed by atoms with Gasteiger partial charge in [0.25, 0.3) is 5.91 Å². The zero-order valence-electron chi connectivity index (χ0n) is 26.8. The molecule has 248 valence electrons. The lowest BCUT2D eigenvalue weighted by molar-refractivity contribution is -0.114. The molecular formula is C34H35FN8O5. The van der Waals surface area contributed by atoms with E-state index in [0.717, 1.165) is 24.9 Å². The van der Waals surface area contributed by atoms with Gasteiger partial charge in [0.05, 0.1) is 37.2 Å². The molecule has 7 rings (SSSR count). The van der Waals surface area contributed by atoms with Crippen molar-refractivity contribution in [3.05, 3.63) is 72.7 Å². The summed E-state index contributed by atoms with van der Waals surface area (Å²) in [6.45, 7) is 3.77. The van der Waals surface area contributed by atoms with Crippen LogP contribution in [0.2, 0.25) is 0 Å². The Kier molecular flexibility index (Phi) is 8.74. The van der Waals surface area contributed by atoms with E-state index in [0.29, 0.717) is 70.7 Å². The second-order valence-electron chi connectivity index (χ2n) is 11.8. The highest BCUT2D eigenvalue weighted by molar-refractivity contribution is 6.05. The maximum absolute atomic E-state index is 15.2. The summed E-state index contributed by atoms with van der Waals surface area (Å²) in [4.78, 5) is 28.3. The van der Waals surface area contributed by atoms with Gasteiger partial charge in [-0.3, -0.25) is 9.69 Å². The number of hydrogen-bond acceptors (Lipinski definition) is 11. The zero-order chi connectivity index (χ0) is 33.2. The number of benzene rings is 2. The molecule has 0 saturated carbocycles. The summed E-state index contributed by atoms with van der Waals surface area (Å²) >= 11 is 0. The van der Waals surface area contributed by atoms with Gasteiger partial charge in [-0.15, -0.1) is 0 Å². The van der Waals surface area contributed by atoms with E-state index in [1.807, 2.05) is 24.9 Å². The van der Waals surface area contributed by atoms with Gasteiger partial charge in [0, 0.05) is 42.2 Å². The molecule has 13 nitrogen and oxygen atoms in total. The van der Waals surface area contributed by atoms with Gasteiger partial charge in [0.2, 0.25) is 0 Å². The van der Waals surface area contributed by atoms with Crippen LogP contribution >= 0.6 is 0 Å². The number of aryl methyl sites for hydroxylation is 1. The summed E-state index contributed by atoms with van der Waals surface area (Å²) in [7, 11) is 3.49. The van der Waals surface area contributed by atoms with Crippen molar-refractivity contribution in [3.63, 3.8) is 0 Å². The first kappa shape index (κ1) is 31.3. The monoisotopic (exact) mass is 654 g/mol. The van der Waals surface area contributed by atoms with Crippen LogP contribution in [-0.2, 0) is 9.53 Å². The summed E-state index contributed by atoms with van der Waals surface area (Å²) in [5, 5.41) is 10.8. The summed E-state index contributed by atoms with van der Waals surface area (Å²) in [6.07, 6.45) is 8.29. The normalized spacial score (nSPS) is 18.4. The number of halogens is 1. The van der Waals surface area contributed by atoms with Gasteiger partial charge in [0.15, 0.2) is 11.5 Å². The average molecular weight is 655 g/mol. The van der Waals surface area contributed by atoms with E-state index < -0.39 is 11.7 Å². The van der Waals surface area contributed by atoms with Crippen molar-refractivity contribution >= 4 is 39.6 Å². The Morgan fingerprint density at radius 1 is 1.06 bits per heavy atom. The van der Waals surface area contributed by atoms with E-state index in [2.05, 4.69) is 30.7 Å². The molecule has 1 unspecified atom stereocenters. The number of nitrogens with one attached hydrogen (secondary N) is 2. The molecule has 1 amide bonds. The van der Waals surface area contributed by atoms with Gasteiger partial charge in [-0.05, 0) is 63.2 Å². The van der Waals surface area contributed by atoms with Crippen LogP contribution in [0.4, 0.5) is 21.6 Å². The molecule has 5 heterocycles. The number of amides is 1. The van der Waals surface area contributed by atoms with Gasteiger partial charge >= 0.3 is 0 Å². The van der Waals surface area contributed by atoms with Crippen LogP contribution in [0.5, 0.6) is 23.0 Å². The second kappa shape index (κ2) is 13.4. The molecule has 3 aromatic heterocycles. The van der Waals surface area contributed by atoms with E-state index in [1.54, 1.807) is 48.2 Å². The minimum absolute atomic E-state index is 0.129. The summed E-state index contributed by atoms with van der Waals surface area (Å²) in [6, 6.07) is 10.5. The number of pyridine rings is 1. The van der Waals surface area contributed by atoms with E-state index >= 15 is 4.39 Å². The SMILES string of the molecule is COc1cc(Oc2ccn3ncnc3c2)c(C)cc1Nc1ncnc2cc(OC3CCOC3)c(NC(=O)C(F)=C[C@H]3CCCN3C)cc12. The first-order valence-corrected chi connectivity index (χ1v) is 15.7. The summed E-state index contributed by atoms with van der Waals surface area (Å²) in [5.41, 5.74) is 2.96. The summed E-state index contributed by atoms with van der Waals surface area (Å²) in [5.74, 6) is 0.793. The van der Waals surface area contributed by atoms with E-state index in [9.17, 15) is 4.79 Å². The number of anilines is 3. The number of carbonyl (C=O) groups is 1. The number of aromatic nitrogens is 5. The predicted molar refractivity (Wildman–Crippen MR) is 177 cm³/mol. The molecule has 2 aromatic carbocycles. The Labute approximate surface area is 275 Å². The molecule has 2 aliphatic rings. The van der Waals surface area contributed by atoms with Crippen molar-refractivity contribution in [1.82, 2.24) is 29.5 Å². The molecule has 0 bridgehead atoms. The molecule has 2 aliphatic heterocycles. The molecule has 2 atom stereocenters. The van der Waals surface area contributed by atoms with Crippen LogP contribution in [0, 0.1) is 6.92 Å². The fourth-order valence-electron chi connectivity index (χ4n) is 5.90. The van der Waals surface area contributed by atoms with Crippen molar-refractivity contribution in [1.29, 1.82) is 0 Å². The highest BCUT2D eigenvalue weighted by Crippen LogP contribution is 2.39. The number of hydrogen-bond donors (Lipinski definition) is 2. The van der Waals surface area contributed by atoms with Crippen molar-refractivity contribution in [2.45, 2.75) is 38.3 Å². The molecule has 2 saturated heterocycles. The average Bonchev–Trinajstić information content (AvgIpc) is 3.86. The lowest BCUT2D eigenvalue weighted by atomic mass is 10.1. The molecule has 5 aromatic rings. The Morgan fingerprint density at radius 2 is 1.96 bits per heavy atom. The second-order valence-corrected chi connectivity index (χ2v) is 11.8. The lowest BCUT2D eigenvalue weighted by Gasteiger charge is -2.19. The number of likely N-dealkylation sites (tertiary alicyclic amines) is 1. The Balaban J connectivity index is 1.19. The van der Waals surface area contributed by atoms with Crippen LogP contribution < -0.4 is 24.8 Å². The molecular weight excluding hydrogens is 619 g/mol. The molecule has 48 heavy (non-hydrogen) atoms. The van der Waals surface area contributed by atoms with Crippen LogP contribution in [0.1, 0.15) is 24.8 Å². The third-order valence-electron chi connectivity index (χ3n) is 8.53. The van der Waals surface area contributed by atoms with Gasteiger partial charge in [-0.25, -0.2) is 23.9 Å². The van der Waals surface area contributed by atoms with Crippen LogP contribution in [-0.4, -0.2) is 81.4 Å².